The summed E-state index contributed by atoms with van der Waals surface area (Å²) in [5.41, 5.74) is 3.01. The topological polar surface area (TPSA) is 60.3 Å². The molecule has 5 nitrogen and oxygen atoms in total. The van der Waals surface area contributed by atoms with Crippen LogP contribution in [0.25, 0.3) is 0 Å². The zero-order valence-electron chi connectivity index (χ0n) is 16.2. The smallest absolute Gasteiger partial charge is 0.250 e. The fraction of sp³-hybridized carbons (Fsp3) is 0.217. The molecule has 0 aliphatic carbocycles. The zero-order valence-corrected chi connectivity index (χ0v) is 17.0. The lowest BCUT2D eigenvalue weighted by Crippen LogP contribution is -2.23. The second-order valence-electron chi connectivity index (χ2n) is 6.73. The van der Waals surface area contributed by atoms with Gasteiger partial charge in [-0.2, -0.15) is 0 Å². The van der Waals surface area contributed by atoms with Crippen molar-refractivity contribution in [1.82, 2.24) is 9.88 Å². The highest BCUT2D eigenvalue weighted by Crippen LogP contribution is 2.25. The Morgan fingerprint density at radius 1 is 1.03 bits per heavy atom. The van der Waals surface area contributed by atoms with Crippen LogP contribution in [0.15, 0.2) is 71.7 Å². The lowest BCUT2D eigenvalue weighted by molar-refractivity contribution is -0.121. The van der Waals surface area contributed by atoms with E-state index in [2.05, 4.69) is 5.32 Å². The van der Waals surface area contributed by atoms with Crippen molar-refractivity contribution in [2.24, 2.45) is 0 Å². The van der Waals surface area contributed by atoms with Crippen LogP contribution in [0.5, 0.6) is 5.75 Å². The van der Waals surface area contributed by atoms with Gasteiger partial charge in [0.05, 0.1) is 18.7 Å². The first-order valence-corrected chi connectivity index (χ1v) is 9.75. The van der Waals surface area contributed by atoms with E-state index >= 15 is 0 Å². The fourth-order valence-corrected chi connectivity index (χ4v) is 3.24. The van der Waals surface area contributed by atoms with Crippen molar-refractivity contribution >= 4 is 17.5 Å². The fourth-order valence-electron chi connectivity index (χ4n) is 2.96. The van der Waals surface area contributed by atoms with Crippen LogP contribution >= 0.6 is 11.6 Å². The number of carbonyl (C=O) groups is 1. The van der Waals surface area contributed by atoms with Gasteiger partial charge in [0, 0.05) is 25.2 Å². The largest absolute Gasteiger partial charge is 0.495 e. The Balaban J connectivity index is 1.47. The van der Waals surface area contributed by atoms with Crippen molar-refractivity contribution in [3.8, 4) is 5.75 Å². The number of hydrogen-bond acceptors (Lipinski definition) is 3. The zero-order chi connectivity index (χ0) is 20.6. The molecule has 1 N–H and O–H groups in total. The maximum atomic E-state index is 12.1. The van der Waals surface area contributed by atoms with E-state index in [-0.39, 0.29) is 11.5 Å². The number of methoxy groups -OCH3 is 1. The third-order valence-electron chi connectivity index (χ3n) is 4.62. The summed E-state index contributed by atoms with van der Waals surface area (Å²) in [4.78, 5) is 23.9. The van der Waals surface area contributed by atoms with E-state index in [1.807, 2.05) is 42.5 Å². The number of benzene rings is 2. The minimum atomic E-state index is -0.0259. The Bertz CT molecular complexity index is 1030. The van der Waals surface area contributed by atoms with Crippen molar-refractivity contribution in [2.45, 2.75) is 25.9 Å². The molecule has 3 aromatic rings. The SMILES string of the molecule is COc1ccc(CCC(=O)NCc2ccc(Cn3ccccc3=O)cc2)cc1Cl. The van der Waals surface area contributed by atoms with Gasteiger partial charge >= 0.3 is 0 Å². The van der Waals surface area contributed by atoms with E-state index in [4.69, 9.17) is 16.3 Å². The lowest BCUT2D eigenvalue weighted by atomic mass is 10.1. The summed E-state index contributed by atoms with van der Waals surface area (Å²) >= 11 is 6.11. The maximum absolute atomic E-state index is 12.1. The van der Waals surface area contributed by atoms with Crippen molar-refractivity contribution in [3.63, 3.8) is 0 Å². The number of pyridine rings is 1. The Morgan fingerprint density at radius 2 is 1.76 bits per heavy atom. The number of halogens is 1. The van der Waals surface area contributed by atoms with Crippen LogP contribution in [0.1, 0.15) is 23.1 Å². The van der Waals surface area contributed by atoms with Crippen molar-refractivity contribution in [2.75, 3.05) is 7.11 Å². The van der Waals surface area contributed by atoms with E-state index < -0.39 is 0 Å². The molecular weight excluding hydrogens is 388 g/mol. The molecule has 0 saturated heterocycles. The van der Waals surface area contributed by atoms with Gasteiger partial charge in [-0.05, 0) is 41.3 Å². The van der Waals surface area contributed by atoms with Gasteiger partial charge in [0.2, 0.25) is 5.91 Å². The predicted molar refractivity (Wildman–Crippen MR) is 114 cm³/mol. The molecule has 0 fully saturated rings. The van der Waals surface area contributed by atoms with Crippen molar-refractivity contribution in [3.05, 3.63) is 98.9 Å². The first-order valence-electron chi connectivity index (χ1n) is 9.37. The number of nitrogens with zero attached hydrogens (tertiary/aromatic N) is 1. The molecule has 0 atom stereocenters. The number of carbonyl (C=O) groups excluding carboxylic acids is 1. The van der Waals surface area contributed by atoms with Gasteiger partial charge in [-0.15, -0.1) is 0 Å². The average Bonchev–Trinajstić information content (AvgIpc) is 2.73. The van der Waals surface area contributed by atoms with E-state index in [0.717, 1.165) is 16.7 Å². The summed E-state index contributed by atoms with van der Waals surface area (Å²) in [5.74, 6) is 0.609. The lowest BCUT2D eigenvalue weighted by Gasteiger charge is -2.09. The first-order chi connectivity index (χ1) is 14.0. The highest BCUT2D eigenvalue weighted by atomic mass is 35.5. The van der Waals surface area contributed by atoms with Crippen LogP contribution in [0.3, 0.4) is 0 Å². The number of aromatic nitrogens is 1. The van der Waals surface area contributed by atoms with Gasteiger partial charge in [-0.25, -0.2) is 0 Å². The molecule has 1 amide bonds. The number of aryl methyl sites for hydroxylation is 1. The van der Waals surface area contributed by atoms with Crippen LogP contribution < -0.4 is 15.6 Å². The Labute approximate surface area is 174 Å². The standard InChI is InChI=1S/C23H23ClN2O3/c1-29-21-11-9-17(14-20(21)24)10-12-22(27)25-15-18-5-7-19(8-6-18)16-26-13-3-2-4-23(26)28/h2-9,11,13-14H,10,12,15-16H2,1H3,(H,25,27). The average molecular weight is 411 g/mol. The predicted octanol–water partition coefficient (Wildman–Crippen LogP) is 3.81. The first kappa shape index (κ1) is 20.7. The minimum absolute atomic E-state index is 0.0168. The molecule has 0 aliphatic rings. The van der Waals surface area contributed by atoms with Gasteiger partial charge in [0.1, 0.15) is 5.75 Å². The van der Waals surface area contributed by atoms with Crippen LogP contribution in [0.2, 0.25) is 5.02 Å². The van der Waals surface area contributed by atoms with E-state index in [9.17, 15) is 9.59 Å². The van der Waals surface area contributed by atoms with E-state index in [1.165, 1.54) is 0 Å². The Hall–Kier alpha value is -3.05. The third-order valence-corrected chi connectivity index (χ3v) is 4.92. The summed E-state index contributed by atoms with van der Waals surface area (Å²) in [5, 5.41) is 3.48. The van der Waals surface area contributed by atoms with Gasteiger partial charge in [-0.1, -0.05) is 48.0 Å². The second-order valence-corrected chi connectivity index (χ2v) is 7.14. The molecule has 0 unspecified atom stereocenters. The molecule has 29 heavy (non-hydrogen) atoms. The van der Waals surface area contributed by atoms with Crippen LogP contribution in [0, 0.1) is 0 Å². The van der Waals surface area contributed by atoms with Gasteiger partial charge in [0.25, 0.3) is 5.56 Å². The van der Waals surface area contributed by atoms with Gasteiger partial charge in [0.15, 0.2) is 0 Å². The molecule has 0 radical (unpaired) electrons. The molecule has 0 spiro atoms. The molecule has 0 bridgehead atoms. The number of amides is 1. The third kappa shape index (κ3) is 5.96. The molecule has 1 aromatic heterocycles. The molecular formula is C23H23ClN2O3. The Morgan fingerprint density at radius 3 is 2.45 bits per heavy atom. The van der Waals surface area contributed by atoms with E-state index in [0.29, 0.717) is 36.7 Å². The summed E-state index contributed by atoms with van der Waals surface area (Å²) in [7, 11) is 1.57. The van der Waals surface area contributed by atoms with Crippen LogP contribution in [-0.2, 0) is 24.3 Å². The number of ether oxygens (including phenoxy) is 1. The summed E-state index contributed by atoms with van der Waals surface area (Å²) in [6, 6.07) is 18.5. The van der Waals surface area contributed by atoms with Crippen LogP contribution in [0.4, 0.5) is 0 Å². The van der Waals surface area contributed by atoms with Gasteiger partial charge < -0.3 is 14.6 Å². The highest BCUT2D eigenvalue weighted by Gasteiger charge is 2.06. The molecule has 3 rings (SSSR count). The maximum Gasteiger partial charge on any atom is 0.250 e. The minimum Gasteiger partial charge on any atom is -0.495 e. The summed E-state index contributed by atoms with van der Waals surface area (Å²) in [6.07, 6.45) is 2.77. The molecule has 1 heterocycles. The quantitative estimate of drug-likeness (QED) is 0.614. The molecule has 0 aliphatic heterocycles. The number of hydrogen-bond donors (Lipinski definition) is 1. The summed E-state index contributed by atoms with van der Waals surface area (Å²) in [6.45, 7) is 0.991. The normalized spacial score (nSPS) is 10.6. The monoisotopic (exact) mass is 410 g/mol. The van der Waals surface area contributed by atoms with E-state index in [1.54, 1.807) is 36.1 Å². The van der Waals surface area contributed by atoms with Gasteiger partial charge in [-0.3, -0.25) is 9.59 Å². The molecule has 150 valence electrons. The van der Waals surface area contributed by atoms with Crippen molar-refractivity contribution in [1.29, 1.82) is 0 Å². The molecule has 2 aromatic carbocycles. The Kier molecular flexibility index (Phi) is 7.09. The van der Waals surface area contributed by atoms with Crippen LogP contribution in [-0.4, -0.2) is 17.6 Å². The summed E-state index contributed by atoms with van der Waals surface area (Å²) < 4.78 is 6.79. The number of nitrogens with one attached hydrogen (secondary N) is 1. The molecule has 0 saturated carbocycles. The van der Waals surface area contributed by atoms with Crippen molar-refractivity contribution < 1.29 is 9.53 Å². The molecule has 6 heteroatoms. The second kappa shape index (κ2) is 9.94. The number of rotatable bonds is 8. The highest BCUT2D eigenvalue weighted by molar-refractivity contribution is 6.32.